The van der Waals surface area contributed by atoms with Crippen molar-refractivity contribution in [2.75, 3.05) is 25.0 Å². The second-order valence-electron chi connectivity index (χ2n) is 10.0. The number of para-hydroxylation sites is 1. The van der Waals surface area contributed by atoms with Crippen LogP contribution < -0.4 is 5.32 Å². The topological polar surface area (TPSA) is 114 Å². The van der Waals surface area contributed by atoms with E-state index in [2.05, 4.69) is 10.3 Å². The average Bonchev–Trinajstić information content (AvgIpc) is 3.61. The number of carboxylic acid groups (broad SMARTS) is 1. The largest absolute Gasteiger partial charge is 0.481 e. The summed E-state index contributed by atoms with van der Waals surface area (Å²) in [5.74, 6) is -2.06. The van der Waals surface area contributed by atoms with Crippen LogP contribution in [0.5, 0.6) is 0 Å². The van der Waals surface area contributed by atoms with E-state index in [9.17, 15) is 14.7 Å². The van der Waals surface area contributed by atoms with Crippen molar-refractivity contribution in [3.63, 3.8) is 0 Å². The maximum absolute atomic E-state index is 15.2. The third-order valence-corrected chi connectivity index (χ3v) is 7.57. The molecule has 5 rings (SSSR count). The number of hydrogen-bond donors (Lipinski definition) is 2. The number of likely N-dealkylation sites (tertiary alicyclic amines) is 1. The lowest BCUT2D eigenvalue weighted by Crippen LogP contribution is -2.42. The zero-order valence-corrected chi connectivity index (χ0v) is 22.2. The first-order valence-corrected chi connectivity index (χ1v) is 13.6. The van der Waals surface area contributed by atoms with Crippen LogP contribution in [0, 0.1) is 11.7 Å². The number of carbonyl (C=O) groups is 2. The van der Waals surface area contributed by atoms with Crippen molar-refractivity contribution in [2.24, 2.45) is 5.92 Å². The highest BCUT2D eigenvalue weighted by Gasteiger charge is 2.31. The second kappa shape index (κ2) is 12.4. The molecule has 2 heterocycles. The van der Waals surface area contributed by atoms with Crippen LogP contribution in [0.25, 0.3) is 11.1 Å². The van der Waals surface area contributed by atoms with E-state index in [4.69, 9.17) is 25.5 Å². The van der Waals surface area contributed by atoms with Gasteiger partial charge in [0.05, 0.1) is 22.7 Å². The number of anilines is 2. The van der Waals surface area contributed by atoms with Gasteiger partial charge in [0, 0.05) is 19.5 Å². The normalized spacial score (nSPS) is 20.8. The molecule has 0 amide bonds. The Hall–Kier alpha value is -3.05. The molecule has 0 spiro atoms. The fraction of sp³-hybridized carbons (Fsp3) is 0.464. The fourth-order valence-corrected chi connectivity index (χ4v) is 5.27. The molecule has 1 unspecified atom stereocenters. The summed E-state index contributed by atoms with van der Waals surface area (Å²) in [6.45, 7) is 1.36. The number of rotatable bonds is 11. The van der Waals surface area contributed by atoms with E-state index in [1.54, 1.807) is 30.3 Å². The molecule has 0 radical (unpaired) electrons. The molecule has 1 saturated carbocycles. The van der Waals surface area contributed by atoms with Crippen LogP contribution in [0.1, 0.15) is 44.1 Å². The molecule has 2 fully saturated rings. The Morgan fingerprint density at radius 2 is 1.90 bits per heavy atom. The quantitative estimate of drug-likeness (QED) is 0.292. The number of Topliss-reactive ketones (excluding diaryl/α,β-unsaturated/α-hetero) is 1. The molecule has 1 aliphatic carbocycles. The Morgan fingerprint density at radius 1 is 1.15 bits per heavy atom. The molecular weight excluding hydrogens is 529 g/mol. The Morgan fingerprint density at radius 3 is 2.62 bits per heavy atom. The molecule has 1 aliphatic heterocycles. The molecule has 1 aromatic heterocycles. The molecule has 39 heavy (non-hydrogen) atoms. The molecule has 11 heteroatoms. The monoisotopic (exact) mass is 559 g/mol. The van der Waals surface area contributed by atoms with Crippen molar-refractivity contribution in [3.8, 4) is 0 Å². The van der Waals surface area contributed by atoms with Gasteiger partial charge in [0.25, 0.3) is 6.01 Å². The molecule has 2 aliphatic rings. The van der Waals surface area contributed by atoms with Crippen molar-refractivity contribution < 1.29 is 33.0 Å². The Balaban J connectivity index is 1.20. The number of ketones is 1. The third kappa shape index (κ3) is 6.75. The number of carboxylic acids is 1. The van der Waals surface area contributed by atoms with Crippen molar-refractivity contribution >= 4 is 46.2 Å². The number of hydrogen-bond acceptors (Lipinski definition) is 8. The summed E-state index contributed by atoms with van der Waals surface area (Å²) < 4.78 is 32.9. The van der Waals surface area contributed by atoms with E-state index in [1.807, 2.05) is 4.90 Å². The van der Waals surface area contributed by atoms with Crippen LogP contribution in [0.3, 0.4) is 0 Å². The van der Waals surface area contributed by atoms with Crippen molar-refractivity contribution in [3.05, 3.63) is 52.8 Å². The zero-order chi connectivity index (χ0) is 27.4. The average molecular weight is 560 g/mol. The van der Waals surface area contributed by atoms with Gasteiger partial charge in [0.15, 0.2) is 17.2 Å². The lowest BCUT2D eigenvalue weighted by atomic mass is 9.87. The molecule has 3 aromatic rings. The first-order chi connectivity index (χ1) is 18.9. The molecule has 0 bridgehead atoms. The summed E-state index contributed by atoms with van der Waals surface area (Å²) >= 11 is 6.16. The van der Waals surface area contributed by atoms with E-state index < -0.39 is 18.2 Å². The Labute approximate surface area is 230 Å². The van der Waals surface area contributed by atoms with Crippen LogP contribution in [0.4, 0.5) is 16.1 Å². The predicted octanol–water partition coefficient (Wildman–Crippen LogP) is 5.53. The lowest BCUT2D eigenvalue weighted by molar-refractivity contribution is -0.243. The molecule has 1 saturated heterocycles. The number of aromatic nitrogens is 1. The van der Waals surface area contributed by atoms with E-state index in [-0.39, 0.29) is 48.0 Å². The van der Waals surface area contributed by atoms with Crippen LogP contribution >= 0.6 is 11.6 Å². The summed E-state index contributed by atoms with van der Waals surface area (Å²) in [6, 6.07) is 10.3. The molecular formula is C28H31ClFN3O6. The maximum Gasteiger partial charge on any atom is 0.306 e. The third-order valence-electron chi connectivity index (χ3n) is 7.24. The first kappa shape index (κ1) is 27.5. The number of benzene rings is 2. The summed E-state index contributed by atoms with van der Waals surface area (Å²) in [5.41, 5.74) is 1.02. The highest BCUT2D eigenvalue weighted by atomic mass is 35.5. The zero-order valence-electron chi connectivity index (χ0n) is 21.4. The number of nitrogens with one attached hydrogen (secondary N) is 1. The smallest absolute Gasteiger partial charge is 0.306 e. The van der Waals surface area contributed by atoms with Gasteiger partial charge in [0.1, 0.15) is 12.1 Å². The number of ether oxygens (including phenoxy) is 2. The number of oxazole rings is 1. The van der Waals surface area contributed by atoms with Crippen molar-refractivity contribution in [1.82, 2.24) is 9.88 Å². The van der Waals surface area contributed by atoms with Gasteiger partial charge in [0.2, 0.25) is 6.41 Å². The molecule has 208 valence electrons. The number of carbonyl (C=O) groups excluding carboxylic acids is 1. The predicted molar refractivity (Wildman–Crippen MR) is 142 cm³/mol. The van der Waals surface area contributed by atoms with E-state index in [1.165, 1.54) is 6.07 Å². The van der Waals surface area contributed by atoms with Gasteiger partial charge in [-0.15, -0.1) is 0 Å². The second-order valence-corrected chi connectivity index (χ2v) is 10.4. The molecule has 2 N–H and O–H groups in total. The summed E-state index contributed by atoms with van der Waals surface area (Å²) in [5, 5.41) is 12.6. The standard InChI is InChI=1S/C28H31ClFN3O6/c29-21-5-1-2-6-22(21)31-27-32-23-12-9-18(24(30)25(23)39-27)15-19(34)16-37-28(33-13-3-4-14-33)38-20-10-7-17(8-11-20)26(35)36/h1-2,5-6,9,12,17,20,28H,3-4,7-8,10-11,13-16H2,(H,31,32)(H,35,36)/t17-,20-,28?. The Kier molecular flexibility index (Phi) is 8.76. The summed E-state index contributed by atoms with van der Waals surface area (Å²) in [6.07, 6.45) is 3.42. The van der Waals surface area contributed by atoms with E-state index in [0.29, 0.717) is 41.9 Å². The van der Waals surface area contributed by atoms with Crippen LogP contribution in [-0.2, 0) is 25.5 Å². The van der Waals surface area contributed by atoms with Crippen LogP contribution in [-0.4, -0.2) is 59.0 Å². The van der Waals surface area contributed by atoms with E-state index >= 15 is 4.39 Å². The highest BCUT2D eigenvalue weighted by Crippen LogP contribution is 2.30. The van der Waals surface area contributed by atoms with Crippen molar-refractivity contribution in [2.45, 2.75) is 57.5 Å². The van der Waals surface area contributed by atoms with E-state index in [0.717, 1.165) is 25.9 Å². The van der Waals surface area contributed by atoms with Gasteiger partial charge >= 0.3 is 5.97 Å². The van der Waals surface area contributed by atoms with Gasteiger partial charge in [-0.1, -0.05) is 29.8 Å². The fourth-order valence-electron chi connectivity index (χ4n) is 5.09. The minimum atomic E-state index is -0.768. The van der Waals surface area contributed by atoms with Gasteiger partial charge in [-0.25, -0.2) is 4.39 Å². The summed E-state index contributed by atoms with van der Waals surface area (Å²) in [7, 11) is 0. The van der Waals surface area contributed by atoms with Crippen LogP contribution in [0.15, 0.2) is 40.8 Å². The number of fused-ring (bicyclic) bond motifs is 1. The SMILES string of the molecule is O=C(COC(O[C@H]1CC[C@H](C(=O)O)CC1)N1CCCC1)Cc1ccc2nc(Nc3ccccc3Cl)oc2c1F. The van der Waals surface area contributed by atoms with Crippen LogP contribution in [0.2, 0.25) is 5.02 Å². The van der Waals surface area contributed by atoms with Gasteiger partial charge < -0.3 is 24.3 Å². The summed E-state index contributed by atoms with van der Waals surface area (Å²) in [4.78, 5) is 30.4. The number of aliphatic carboxylic acids is 1. The number of nitrogens with zero attached hydrogens (tertiary/aromatic N) is 2. The minimum absolute atomic E-state index is 0.0500. The molecule has 9 nitrogen and oxygen atoms in total. The first-order valence-electron chi connectivity index (χ1n) is 13.2. The van der Waals surface area contributed by atoms with Gasteiger partial charge in [-0.3, -0.25) is 14.5 Å². The minimum Gasteiger partial charge on any atom is -0.481 e. The van der Waals surface area contributed by atoms with Gasteiger partial charge in [-0.05, 0) is 62.3 Å². The Bertz CT molecular complexity index is 1320. The highest BCUT2D eigenvalue weighted by molar-refractivity contribution is 6.33. The molecule has 2 aromatic carbocycles. The maximum atomic E-state index is 15.2. The van der Waals surface area contributed by atoms with Crippen molar-refractivity contribution in [1.29, 1.82) is 0 Å². The van der Waals surface area contributed by atoms with Gasteiger partial charge in [-0.2, -0.15) is 4.98 Å². The lowest BCUT2D eigenvalue weighted by Gasteiger charge is -2.33. The molecule has 1 atom stereocenters. The number of halogens is 2.